The predicted octanol–water partition coefficient (Wildman–Crippen LogP) is 2.20. The minimum atomic E-state index is -0.859. The Labute approximate surface area is 203 Å². The van der Waals surface area contributed by atoms with E-state index in [4.69, 9.17) is 4.74 Å². The van der Waals surface area contributed by atoms with E-state index in [1.165, 1.54) is 11.0 Å². The Morgan fingerprint density at radius 2 is 1.80 bits per heavy atom. The Hall–Kier alpha value is -3.24. The zero-order valence-corrected chi connectivity index (χ0v) is 20.2. The van der Waals surface area contributed by atoms with Crippen molar-refractivity contribution in [2.45, 2.75) is 45.6 Å². The van der Waals surface area contributed by atoms with E-state index >= 15 is 0 Å². The van der Waals surface area contributed by atoms with Gasteiger partial charge in [0.15, 0.2) is 0 Å². The third-order valence-electron chi connectivity index (χ3n) is 5.87. The molecular formula is C24H32F2N4O5. The van der Waals surface area contributed by atoms with Gasteiger partial charge in [-0.25, -0.2) is 13.6 Å². The van der Waals surface area contributed by atoms with Crippen LogP contribution in [0.15, 0.2) is 18.2 Å². The van der Waals surface area contributed by atoms with Gasteiger partial charge in [0.2, 0.25) is 17.7 Å². The lowest BCUT2D eigenvalue weighted by Crippen LogP contribution is -2.48. The number of piperidine rings is 1. The molecule has 0 aromatic heterocycles. The normalized spacial score (nSPS) is 20.5. The van der Waals surface area contributed by atoms with Gasteiger partial charge >= 0.3 is 6.09 Å². The summed E-state index contributed by atoms with van der Waals surface area (Å²) in [5.74, 6) is -3.55. The molecule has 0 radical (unpaired) electrons. The number of alkyl carbamates (subject to hydrolysis) is 1. The van der Waals surface area contributed by atoms with E-state index in [2.05, 4.69) is 10.6 Å². The van der Waals surface area contributed by atoms with Gasteiger partial charge in [0.05, 0.1) is 17.5 Å². The van der Waals surface area contributed by atoms with Crippen molar-refractivity contribution in [1.82, 2.24) is 15.5 Å². The van der Waals surface area contributed by atoms with E-state index in [0.717, 1.165) is 6.07 Å². The number of likely N-dealkylation sites (tertiary alicyclic amines) is 1. The average Bonchev–Trinajstić information content (AvgIpc) is 3.16. The molecule has 1 aromatic carbocycles. The molecule has 2 heterocycles. The van der Waals surface area contributed by atoms with Crippen molar-refractivity contribution in [3.63, 3.8) is 0 Å². The second-order valence-corrected chi connectivity index (χ2v) is 9.84. The van der Waals surface area contributed by atoms with E-state index in [1.807, 2.05) is 0 Å². The molecule has 35 heavy (non-hydrogen) atoms. The lowest BCUT2D eigenvalue weighted by atomic mass is 9.95. The van der Waals surface area contributed by atoms with Gasteiger partial charge in [-0.15, -0.1) is 0 Å². The fourth-order valence-corrected chi connectivity index (χ4v) is 4.26. The molecule has 192 valence electrons. The van der Waals surface area contributed by atoms with Crippen LogP contribution in [-0.4, -0.2) is 67.0 Å². The highest BCUT2D eigenvalue weighted by Crippen LogP contribution is 2.30. The first-order valence-corrected chi connectivity index (χ1v) is 11.7. The van der Waals surface area contributed by atoms with Gasteiger partial charge < -0.3 is 25.2 Å². The highest BCUT2D eigenvalue weighted by molar-refractivity contribution is 6.00. The Morgan fingerprint density at radius 1 is 1.09 bits per heavy atom. The smallest absolute Gasteiger partial charge is 0.407 e. The molecule has 9 nitrogen and oxygen atoms in total. The van der Waals surface area contributed by atoms with Crippen LogP contribution in [-0.2, 0) is 19.1 Å². The van der Waals surface area contributed by atoms with E-state index in [1.54, 1.807) is 25.7 Å². The van der Waals surface area contributed by atoms with Gasteiger partial charge in [-0.05, 0) is 45.7 Å². The van der Waals surface area contributed by atoms with Gasteiger partial charge in [-0.2, -0.15) is 0 Å². The van der Waals surface area contributed by atoms with Crippen molar-refractivity contribution in [3.8, 4) is 0 Å². The summed E-state index contributed by atoms with van der Waals surface area (Å²) < 4.78 is 32.5. The monoisotopic (exact) mass is 494 g/mol. The molecule has 11 heteroatoms. The van der Waals surface area contributed by atoms with Crippen molar-refractivity contribution in [2.24, 2.45) is 11.8 Å². The Bertz CT molecular complexity index is 981. The molecule has 2 fully saturated rings. The molecule has 0 saturated carbocycles. The maximum Gasteiger partial charge on any atom is 0.407 e. The molecule has 4 amide bonds. The van der Waals surface area contributed by atoms with E-state index in [0.29, 0.717) is 25.5 Å². The first-order valence-electron chi connectivity index (χ1n) is 11.7. The summed E-state index contributed by atoms with van der Waals surface area (Å²) >= 11 is 0. The topological polar surface area (TPSA) is 108 Å². The van der Waals surface area contributed by atoms with Gasteiger partial charge in [-0.3, -0.25) is 14.4 Å². The fourth-order valence-electron chi connectivity index (χ4n) is 4.26. The standard InChI is InChI=1S/C24H32F2N4O5/c1-24(2,3)35-23(34)28-9-8-27-21(32)15-5-4-10-29(13-15)22(33)16-11-20(31)30(14-16)19-7-6-17(25)12-18(19)26/h6-7,12,15-16H,4-5,8-11,13-14H2,1-3H3,(H,27,32)(H,28,34). The van der Waals surface area contributed by atoms with Gasteiger partial charge in [-0.1, -0.05) is 0 Å². The van der Waals surface area contributed by atoms with Crippen LogP contribution in [0, 0.1) is 23.5 Å². The first-order chi connectivity index (χ1) is 16.4. The van der Waals surface area contributed by atoms with E-state index in [9.17, 15) is 28.0 Å². The van der Waals surface area contributed by atoms with Gasteiger partial charge in [0, 0.05) is 45.2 Å². The van der Waals surface area contributed by atoms with Gasteiger partial charge in [0.1, 0.15) is 17.2 Å². The Balaban J connectivity index is 1.48. The number of benzene rings is 1. The summed E-state index contributed by atoms with van der Waals surface area (Å²) in [6.07, 6.45) is 0.615. The summed E-state index contributed by atoms with van der Waals surface area (Å²) in [5, 5.41) is 5.33. The number of amides is 4. The number of nitrogens with zero attached hydrogens (tertiary/aromatic N) is 2. The number of carbonyl (C=O) groups excluding carboxylic acids is 4. The number of rotatable bonds is 6. The van der Waals surface area contributed by atoms with Crippen LogP contribution < -0.4 is 15.5 Å². The van der Waals surface area contributed by atoms with Crippen LogP contribution in [0.5, 0.6) is 0 Å². The summed E-state index contributed by atoms with van der Waals surface area (Å²) in [4.78, 5) is 52.5. The van der Waals surface area contributed by atoms with Crippen molar-refractivity contribution >= 4 is 29.5 Å². The zero-order chi connectivity index (χ0) is 25.8. The number of nitrogens with one attached hydrogen (secondary N) is 2. The molecule has 0 spiro atoms. The highest BCUT2D eigenvalue weighted by Gasteiger charge is 2.39. The number of hydrogen-bond donors (Lipinski definition) is 2. The van der Waals surface area contributed by atoms with Crippen molar-refractivity contribution < 1.29 is 32.7 Å². The van der Waals surface area contributed by atoms with Crippen LogP contribution in [0.1, 0.15) is 40.0 Å². The third kappa shape index (κ3) is 7.12. The molecule has 2 atom stereocenters. The van der Waals surface area contributed by atoms with E-state index < -0.39 is 41.1 Å². The summed E-state index contributed by atoms with van der Waals surface area (Å²) in [5.41, 5.74) is -0.665. The van der Waals surface area contributed by atoms with Crippen LogP contribution in [0.3, 0.4) is 0 Å². The molecule has 2 N–H and O–H groups in total. The van der Waals surface area contributed by atoms with Crippen molar-refractivity contribution in [1.29, 1.82) is 0 Å². The number of ether oxygens (including phenoxy) is 1. The summed E-state index contributed by atoms with van der Waals surface area (Å²) in [7, 11) is 0. The fraction of sp³-hybridized carbons (Fsp3) is 0.583. The van der Waals surface area contributed by atoms with Crippen LogP contribution >= 0.6 is 0 Å². The third-order valence-corrected chi connectivity index (χ3v) is 5.87. The minimum absolute atomic E-state index is 0.00389. The SMILES string of the molecule is CC(C)(C)OC(=O)NCCNC(=O)C1CCCN(C(=O)C2CC(=O)N(c3ccc(F)cc3F)C2)C1. The summed E-state index contributed by atoms with van der Waals surface area (Å²) in [6.45, 7) is 6.38. The lowest BCUT2D eigenvalue weighted by Gasteiger charge is -2.33. The second-order valence-electron chi connectivity index (χ2n) is 9.84. The van der Waals surface area contributed by atoms with Crippen molar-refractivity contribution in [2.75, 3.05) is 37.6 Å². The molecule has 2 unspecified atom stereocenters. The predicted molar refractivity (Wildman–Crippen MR) is 123 cm³/mol. The maximum absolute atomic E-state index is 14.1. The molecular weight excluding hydrogens is 462 g/mol. The zero-order valence-electron chi connectivity index (χ0n) is 20.2. The lowest BCUT2D eigenvalue weighted by molar-refractivity contribution is -0.139. The highest BCUT2D eigenvalue weighted by atomic mass is 19.1. The molecule has 0 aliphatic carbocycles. The number of halogens is 2. The summed E-state index contributed by atoms with van der Waals surface area (Å²) in [6, 6.07) is 2.96. The molecule has 2 saturated heterocycles. The molecule has 3 rings (SSSR count). The molecule has 2 aliphatic heterocycles. The van der Waals surface area contributed by atoms with Gasteiger partial charge in [0.25, 0.3) is 0 Å². The van der Waals surface area contributed by atoms with Crippen LogP contribution in [0.25, 0.3) is 0 Å². The largest absolute Gasteiger partial charge is 0.444 e. The van der Waals surface area contributed by atoms with Crippen LogP contribution in [0.4, 0.5) is 19.3 Å². The van der Waals surface area contributed by atoms with Crippen molar-refractivity contribution in [3.05, 3.63) is 29.8 Å². The first kappa shape index (κ1) is 26.4. The number of carbonyl (C=O) groups is 4. The second kappa shape index (κ2) is 11.0. The molecule has 0 bridgehead atoms. The maximum atomic E-state index is 14.1. The Morgan fingerprint density at radius 3 is 2.49 bits per heavy atom. The minimum Gasteiger partial charge on any atom is -0.444 e. The van der Waals surface area contributed by atoms with E-state index in [-0.39, 0.29) is 50.1 Å². The number of hydrogen-bond acceptors (Lipinski definition) is 5. The van der Waals surface area contributed by atoms with Crippen LogP contribution in [0.2, 0.25) is 0 Å². The average molecular weight is 495 g/mol. The quantitative estimate of drug-likeness (QED) is 0.590. The Kier molecular flexibility index (Phi) is 8.29. The molecule has 1 aromatic rings. The molecule has 2 aliphatic rings. The number of anilines is 1.